The van der Waals surface area contributed by atoms with Gasteiger partial charge in [-0.25, -0.2) is 0 Å². The Kier molecular flexibility index (Phi) is 2.89. The summed E-state index contributed by atoms with van der Waals surface area (Å²) in [4.78, 5) is 11.5. The molecule has 0 fully saturated rings. The van der Waals surface area contributed by atoms with E-state index in [-0.39, 0.29) is 11.7 Å². The minimum atomic E-state index is 0.0126. The lowest BCUT2D eigenvalue weighted by atomic mass is 9.85. The number of carbonyl (C=O) groups excluding carboxylic acids is 1. The molecule has 0 atom stereocenters. The molecule has 0 aromatic heterocycles. The fourth-order valence-corrected chi connectivity index (χ4v) is 1.47. The molecule has 76 valence electrons. The molecule has 0 saturated carbocycles. The maximum absolute atomic E-state index is 11.5. The van der Waals surface area contributed by atoms with Crippen molar-refractivity contribution in [3.05, 3.63) is 22.8 Å². The molecule has 0 spiro atoms. The topological polar surface area (TPSA) is 49.7 Å². The monoisotopic (exact) mass is 193 g/mol. The summed E-state index contributed by atoms with van der Waals surface area (Å²) in [6.45, 7) is 7.49. The van der Waals surface area contributed by atoms with Crippen LogP contribution in [0.2, 0.25) is 0 Å². The summed E-state index contributed by atoms with van der Waals surface area (Å²) in [6.07, 6.45) is 1.56. The summed E-state index contributed by atoms with van der Waals surface area (Å²) in [5, 5.41) is 12.1. The second-order valence-electron chi connectivity index (χ2n) is 3.82. The third-order valence-electron chi connectivity index (χ3n) is 2.57. The van der Waals surface area contributed by atoms with Crippen LogP contribution >= 0.6 is 0 Å². The van der Waals surface area contributed by atoms with Crippen LogP contribution in [0, 0.1) is 5.92 Å². The highest BCUT2D eigenvalue weighted by molar-refractivity contribution is 6.24. The quantitative estimate of drug-likeness (QED) is 0.394. The van der Waals surface area contributed by atoms with E-state index in [9.17, 15) is 4.79 Å². The van der Waals surface area contributed by atoms with Gasteiger partial charge in [0.15, 0.2) is 5.78 Å². The van der Waals surface area contributed by atoms with Crippen molar-refractivity contribution in [2.75, 3.05) is 0 Å². The zero-order valence-corrected chi connectivity index (χ0v) is 8.96. The first kappa shape index (κ1) is 10.7. The molecule has 0 bridgehead atoms. The van der Waals surface area contributed by atoms with Gasteiger partial charge in [-0.05, 0) is 37.0 Å². The van der Waals surface area contributed by atoms with Gasteiger partial charge in [0.25, 0.3) is 0 Å². The van der Waals surface area contributed by atoms with Gasteiger partial charge in [0.05, 0.1) is 0 Å². The lowest BCUT2D eigenvalue weighted by Gasteiger charge is -2.19. The van der Waals surface area contributed by atoms with E-state index in [0.717, 1.165) is 11.1 Å². The lowest BCUT2D eigenvalue weighted by molar-refractivity contribution is -0.111. The Hall–Kier alpha value is -1.38. The van der Waals surface area contributed by atoms with E-state index in [1.807, 2.05) is 13.8 Å². The number of rotatable bonds is 1. The first-order valence-electron chi connectivity index (χ1n) is 4.65. The largest absolute Gasteiger partial charge is 0.410 e. The van der Waals surface area contributed by atoms with Crippen LogP contribution in [0.15, 0.2) is 28.0 Å². The molecule has 0 aliphatic heterocycles. The molecule has 0 aromatic carbocycles. The Labute approximate surface area is 83.8 Å². The fraction of sp³-hybridized carbons (Fsp3) is 0.455. The first-order chi connectivity index (χ1) is 6.49. The number of hydrogen-bond donors (Lipinski definition) is 1. The third-order valence-corrected chi connectivity index (χ3v) is 2.57. The smallest absolute Gasteiger partial charge is 0.182 e. The van der Waals surface area contributed by atoms with Crippen molar-refractivity contribution in [2.45, 2.75) is 27.7 Å². The molecule has 0 heterocycles. The van der Waals surface area contributed by atoms with Crippen molar-refractivity contribution in [1.29, 1.82) is 0 Å². The highest BCUT2D eigenvalue weighted by atomic mass is 16.4. The molecule has 1 rings (SSSR count). The molecule has 0 amide bonds. The molecule has 0 saturated heterocycles. The van der Waals surface area contributed by atoms with Crippen molar-refractivity contribution >= 4 is 11.5 Å². The molecule has 0 unspecified atom stereocenters. The minimum Gasteiger partial charge on any atom is -0.410 e. The van der Waals surface area contributed by atoms with E-state index < -0.39 is 0 Å². The Balaban J connectivity index is 3.26. The molecular weight excluding hydrogens is 178 g/mol. The van der Waals surface area contributed by atoms with Gasteiger partial charge in [0.2, 0.25) is 0 Å². The molecule has 3 nitrogen and oxygen atoms in total. The van der Waals surface area contributed by atoms with Gasteiger partial charge in [-0.15, -0.1) is 0 Å². The zero-order chi connectivity index (χ0) is 10.9. The Bertz CT molecular complexity index is 359. The van der Waals surface area contributed by atoms with E-state index in [0.29, 0.717) is 11.3 Å². The van der Waals surface area contributed by atoms with Crippen molar-refractivity contribution < 1.29 is 10.0 Å². The van der Waals surface area contributed by atoms with Crippen LogP contribution in [0.1, 0.15) is 27.7 Å². The third kappa shape index (κ3) is 1.62. The van der Waals surface area contributed by atoms with Gasteiger partial charge in [0.1, 0.15) is 5.71 Å². The van der Waals surface area contributed by atoms with Crippen LogP contribution in [0.5, 0.6) is 0 Å². The van der Waals surface area contributed by atoms with Gasteiger partial charge in [-0.1, -0.05) is 19.0 Å². The minimum absolute atomic E-state index is 0.0126. The highest BCUT2D eigenvalue weighted by Crippen LogP contribution is 2.24. The number of oxime groups is 1. The Morgan fingerprint density at radius 3 is 2.29 bits per heavy atom. The molecule has 1 aliphatic rings. The maximum atomic E-state index is 11.5. The van der Waals surface area contributed by atoms with Gasteiger partial charge in [-0.2, -0.15) is 0 Å². The number of ketones is 1. The zero-order valence-electron chi connectivity index (χ0n) is 8.96. The van der Waals surface area contributed by atoms with Crippen molar-refractivity contribution in [2.24, 2.45) is 11.1 Å². The van der Waals surface area contributed by atoms with E-state index in [4.69, 9.17) is 5.21 Å². The number of carbonyl (C=O) groups is 1. The normalized spacial score (nSPS) is 20.8. The van der Waals surface area contributed by atoms with Crippen LogP contribution in [-0.2, 0) is 4.79 Å². The SMILES string of the molecule is CC1=C(C)C(=NO)C(C(C)C)=CC1=O. The average Bonchev–Trinajstić information content (AvgIpc) is 2.13. The van der Waals surface area contributed by atoms with Gasteiger partial charge < -0.3 is 5.21 Å². The Morgan fingerprint density at radius 1 is 1.29 bits per heavy atom. The van der Waals surface area contributed by atoms with E-state index in [2.05, 4.69) is 5.16 Å². The second kappa shape index (κ2) is 3.78. The van der Waals surface area contributed by atoms with Gasteiger partial charge in [-0.3, -0.25) is 4.79 Å². The number of hydrogen-bond acceptors (Lipinski definition) is 3. The molecule has 1 aliphatic carbocycles. The van der Waals surface area contributed by atoms with Gasteiger partial charge in [0, 0.05) is 5.57 Å². The predicted octanol–water partition coefficient (Wildman–Crippen LogP) is 2.32. The summed E-state index contributed by atoms with van der Waals surface area (Å²) in [5.41, 5.74) is 2.77. The van der Waals surface area contributed by atoms with Crippen LogP contribution in [0.3, 0.4) is 0 Å². The van der Waals surface area contributed by atoms with Crippen molar-refractivity contribution in [3.8, 4) is 0 Å². The molecule has 0 radical (unpaired) electrons. The molecule has 1 N–H and O–H groups in total. The van der Waals surface area contributed by atoms with Gasteiger partial charge >= 0.3 is 0 Å². The number of nitrogens with zero attached hydrogens (tertiary/aromatic N) is 1. The molecule has 3 heteroatoms. The average molecular weight is 193 g/mol. The molecular formula is C11H15NO2. The highest BCUT2D eigenvalue weighted by Gasteiger charge is 2.23. The summed E-state index contributed by atoms with van der Waals surface area (Å²) < 4.78 is 0. The first-order valence-corrected chi connectivity index (χ1v) is 4.65. The standard InChI is InChI=1S/C11H15NO2/c1-6(2)9-5-10(13)7(3)8(4)11(9)12-14/h5-6,14H,1-4H3. The summed E-state index contributed by atoms with van der Waals surface area (Å²) in [7, 11) is 0. The van der Waals surface area contributed by atoms with Crippen molar-refractivity contribution in [3.63, 3.8) is 0 Å². The molecule has 0 aromatic rings. The maximum Gasteiger partial charge on any atom is 0.182 e. The Morgan fingerprint density at radius 2 is 1.86 bits per heavy atom. The van der Waals surface area contributed by atoms with Crippen LogP contribution in [0.4, 0.5) is 0 Å². The van der Waals surface area contributed by atoms with E-state index in [1.165, 1.54) is 0 Å². The van der Waals surface area contributed by atoms with Crippen LogP contribution in [0.25, 0.3) is 0 Å². The molecule has 14 heavy (non-hydrogen) atoms. The van der Waals surface area contributed by atoms with Crippen LogP contribution in [-0.4, -0.2) is 16.7 Å². The fourth-order valence-electron chi connectivity index (χ4n) is 1.47. The summed E-state index contributed by atoms with van der Waals surface area (Å²) in [6, 6.07) is 0. The summed E-state index contributed by atoms with van der Waals surface area (Å²) >= 11 is 0. The van der Waals surface area contributed by atoms with E-state index >= 15 is 0 Å². The lowest BCUT2D eigenvalue weighted by Crippen LogP contribution is -2.19. The number of allylic oxidation sites excluding steroid dienone is 4. The summed E-state index contributed by atoms with van der Waals surface area (Å²) in [5.74, 6) is 0.200. The van der Waals surface area contributed by atoms with Crippen LogP contribution < -0.4 is 0 Å². The predicted molar refractivity (Wildman–Crippen MR) is 55.5 cm³/mol. The van der Waals surface area contributed by atoms with Crippen molar-refractivity contribution in [1.82, 2.24) is 0 Å². The second-order valence-corrected chi connectivity index (χ2v) is 3.82. The van der Waals surface area contributed by atoms with E-state index in [1.54, 1.807) is 19.9 Å².